The van der Waals surface area contributed by atoms with Gasteiger partial charge in [-0.2, -0.15) is 10.4 Å². The molecule has 1 aliphatic carbocycles. The van der Waals surface area contributed by atoms with Crippen molar-refractivity contribution in [3.05, 3.63) is 47.1 Å². The number of hydrogen-bond donors (Lipinski definition) is 4. The van der Waals surface area contributed by atoms with Crippen molar-refractivity contribution in [1.29, 1.82) is 5.26 Å². The second kappa shape index (κ2) is 8.47. The molecule has 0 radical (unpaired) electrons. The molecule has 1 aliphatic heterocycles. The van der Waals surface area contributed by atoms with Crippen molar-refractivity contribution >= 4 is 17.8 Å². The molecule has 28 heavy (non-hydrogen) atoms. The minimum atomic E-state index is -3.09. The van der Waals surface area contributed by atoms with E-state index in [0.29, 0.717) is 12.2 Å². The van der Waals surface area contributed by atoms with Crippen molar-refractivity contribution in [2.24, 2.45) is 10.9 Å². The Morgan fingerprint density at radius 3 is 2.96 bits per heavy atom. The van der Waals surface area contributed by atoms with Crippen LogP contribution in [-0.2, 0) is 0 Å². The lowest BCUT2D eigenvalue weighted by Crippen LogP contribution is -2.44. The van der Waals surface area contributed by atoms with Gasteiger partial charge in [-0.05, 0) is 24.5 Å². The van der Waals surface area contributed by atoms with Gasteiger partial charge in [-0.1, -0.05) is 18.6 Å². The molecular weight excluding hydrogens is 368 g/mol. The van der Waals surface area contributed by atoms with Crippen LogP contribution in [0.1, 0.15) is 30.3 Å². The largest absolute Gasteiger partial charge is 0.350 e. The van der Waals surface area contributed by atoms with Crippen molar-refractivity contribution in [2.45, 2.75) is 32.5 Å². The number of aliphatic imine (C=N–C) groups is 1. The third kappa shape index (κ3) is 4.62. The first kappa shape index (κ1) is 19.3. The van der Waals surface area contributed by atoms with E-state index in [1.807, 2.05) is 12.2 Å². The predicted molar refractivity (Wildman–Crippen MR) is 99.4 cm³/mol. The van der Waals surface area contributed by atoms with Crippen LogP contribution in [0.3, 0.4) is 0 Å². The van der Waals surface area contributed by atoms with E-state index in [9.17, 15) is 13.6 Å². The summed E-state index contributed by atoms with van der Waals surface area (Å²) < 4.78 is 24.9. The summed E-state index contributed by atoms with van der Waals surface area (Å²) in [5.41, 5.74) is 1.82. The molecule has 2 atom stereocenters. The summed E-state index contributed by atoms with van der Waals surface area (Å²) in [5.74, 6) is -0.317. The molecule has 2 heterocycles. The van der Waals surface area contributed by atoms with E-state index in [-0.39, 0.29) is 17.4 Å². The van der Waals surface area contributed by atoms with E-state index in [1.54, 1.807) is 12.3 Å². The zero-order valence-electron chi connectivity index (χ0n) is 15.0. The summed E-state index contributed by atoms with van der Waals surface area (Å²) in [6, 6.07) is 3.38. The summed E-state index contributed by atoms with van der Waals surface area (Å²) in [6.07, 6.45) is 4.84. The molecule has 0 saturated heterocycles. The molecule has 4 N–H and O–H groups in total. The molecule has 8 nitrogen and oxygen atoms in total. The molecule has 0 saturated carbocycles. The number of hydrogen-bond acceptors (Lipinski definition) is 7. The number of anilines is 1. The second-order valence-electron chi connectivity index (χ2n) is 6.41. The summed E-state index contributed by atoms with van der Waals surface area (Å²) in [5, 5.41) is 24.2. The molecule has 1 aromatic heterocycles. The fraction of sp³-hybridized carbons (Fsp3) is 0.333. The molecule has 3 rings (SSSR count). The Hall–Kier alpha value is -3.48. The number of nitrogens with one attached hydrogen (secondary N) is 4. The Balaban J connectivity index is 1.59. The van der Waals surface area contributed by atoms with Crippen LogP contribution in [0, 0.1) is 17.2 Å². The highest BCUT2D eigenvalue weighted by molar-refractivity contribution is 5.97. The standard InChI is InChI=1S/C18H19F2N7O/c1-10-8-11(4-6-21)2-3-12(10)23-18-22-7-5-14(25-18)24-15-9-13(26-27-15)16(28)17(19)20/h2-3,5,7,9-10,17-18,23,25H,4,8H2,1H3,(H2,24,26,27). The Kier molecular flexibility index (Phi) is 5.84. The van der Waals surface area contributed by atoms with E-state index < -0.39 is 18.5 Å². The fourth-order valence-corrected chi connectivity index (χ4v) is 2.88. The average Bonchev–Trinajstić information content (AvgIpc) is 3.12. The van der Waals surface area contributed by atoms with Gasteiger partial charge in [0.2, 0.25) is 5.78 Å². The Labute approximate surface area is 160 Å². The van der Waals surface area contributed by atoms with Crippen LogP contribution >= 0.6 is 0 Å². The van der Waals surface area contributed by atoms with Gasteiger partial charge >= 0.3 is 6.43 Å². The summed E-state index contributed by atoms with van der Waals surface area (Å²) in [6.45, 7) is 2.07. The molecular formula is C18H19F2N7O. The average molecular weight is 387 g/mol. The van der Waals surface area contributed by atoms with Crippen LogP contribution in [0.25, 0.3) is 0 Å². The Morgan fingerprint density at radius 2 is 2.25 bits per heavy atom. The molecule has 0 amide bonds. The number of aromatic nitrogens is 2. The number of carbonyl (C=O) groups excluding carboxylic acids is 1. The van der Waals surface area contributed by atoms with E-state index in [1.165, 1.54) is 6.07 Å². The topological polar surface area (TPSA) is 118 Å². The fourth-order valence-electron chi connectivity index (χ4n) is 2.88. The number of alkyl halides is 2. The molecule has 0 spiro atoms. The maximum atomic E-state index is 12.5. The van der Waals surface area contributed by atoms with Crippen molar-refractivity contribution in [3.63, 3.8) is 0 Å². The molecule has 0 bridgehead atoms. The number of carbonyl (C=O) groups is 1. The maximum absolute atomic E-state index is 12.5. The van der Waals surface area contributed by atoms with Crippen LogP contribution < -0.4 is 16.0 Å². The highest BCUT2D eigenvalue weighted by atomic mass is 19.3. The minimum Gasteiger partial charge on any atom is -0.350 e. The minimum absolute atomic E-state index is 0.224. The number of Topliss-reactive ketones (excluding diaryl/α,β-unsaturated/α-hetero) is 1. The SMILES string of the molecule is CC1CC(CC#N)=CC=C1NC1N=CC=C(Nc2cc(C(=O)C(F)F)[nH]n2)N1. The number of nitriles is 1. The highest BCUT2D eigenvalue weighted by Gasteiger charge is 2.21. The number of nitrogens with zero attached hydrogens (tertiary/aromatic N) is 3. The molecule has 2 aliphatic rings. The first-order valence-electron chi connectivity index (χ1n) is 8.64. The summed E-state index contributed by atoms with van der Waals surface area (Å²) in [7, 11) is 0. The third-order valence-electron chi connectivity index (χ3n) is 4.28. The van der Waals surface area contributed by atoms with Crippen LogP contribution in [0.15, 0.2) is 46.4 Å². The highest BCUT2D eigenvalue weighted by Crippen LogP contribution is 2.25. The third-order valence-corrected chi connectivity index (χ3v) is 4.28. The van der Waals surface area contributed by atoms with Crippen molar-refractivity contribution in [2.75, 3.05) is 5.32 Å². The smallest absolute Gasteiger partial charge is 0.302 e. The Bertz CT molecular complexity index is 907. The van der Waals surface area contributed by atoms with Crippen LogP contribution in [0.5, 0.6) is 0 Å². The van der Waals surface area contributed by atoms with Gasteiger partial charge < -0.3 is 16.0 Å². The quantitative estimate of drug-likeness (QED) is 0.534. The zero-order valence-corrected chi connectivity index (χ0v) is 15.0. The first-order valence-corrected chi connectivity index (χ1v) is 8.64. The van der Waals surface area contributed by atoms with Crippen molar-refractivity contribution in [3.8, 4) is 6.07 Å². The molecule has 1 aromatic rings. The number of halogens is 2. The van der Waals surface area contributed by atoms with Gasteiger partial charge in [-0.3, -0.25) is 9.89 Å². The number of rotatable bonds is 7. The van der Waals surface area contributed by atoms with Gasteiger partial charge in [0.15, 0.2) is 12.1 Å². The molecule has 2 unspecified atom stereocenters. The molecule has 0 fully saturated rings. The molecule has 146 valence electrons. The van der Waals surface area contributed by atoms with Crippen LogP contribution in [0.4, 0.5) is 14.6 Å². The Morgan fingerprint density at radius 1 is 1.43 bits per heavy atom. The normalized spacial score (nSPS) is 21.2. The lowest BCUT2D eigenvalue weighted by Gasteiger charge is -2.28. The van der Waals surface area contributed by atoms with Crippen LogP contribution in [-0.4, -0.2) is 34.9 Å². The van der Waals surface area contributed by atoms with Gasteiger partial charge in [0.1, 0.15) is 11.5 Å². The van der Waals surface area contributed by atoms with E-state index in [0.717, 1.165) is 17.7 Å². The number of ketones is 1. The van der Waals surface area contributed by atoms with Gasteiger partial charge in [0, 0.05) is 18.0 Å². The monoisotopic (exact) mass is 387 g/mol. The molecule has 10 heteroatoms. The van der Waals surface area contributed by atoms with E-state index >= 15 is 0 Å². The van der Waals surface area contributed by atoms with Gasteiger partial charge in [0.05, 0.1) is 12.5 Å². The molecule has 0 aromatic carbocycles. The van der Waals surface area contributed by atoms with Gasteiger partial charge in [-0.25, -0.2) is 13.8 Å². The summed E-state index contributed by atoms with van der Waals surface area (Å²) in [4.78, 5) is 15.6. The summed E-state index contributed by atoms with van der Waals surface area (Å²) >= 11 is 0. The van der Waals surface area contributed by atoms with Gasteiger partial charge in [-0.15, -0.1) is 0 Å². The van der Waals surface area contributed by atoms with E-state index in [2.05, 4.69) is 44.1 Å². The van der Waals surface area contributed by atoms with E-state index in [4.69, 9.17) is 5.26 Å². The number of allylic oxidation sites excluding steroid dienone is 5. The van der Waals surface area contributed by atoms with Crippen LogP contribution in [0.2, 0.25) is 0 Å². The maximum Gasteiger partial charge on any atom is 0.302 e. The van der Waals surface area contributed by atoms with Crippen molar-refractivity contribution in [1.82, 2.24) is 20.8 Å². The van der Waals surface area contributed by atoms with Gasteiger partial charge in [0.25, 0.3) is 0 Å². The lowest BCUT2D eigenvalue weighted by molar-refractivity contribution is 0.0673. The first-order chi connectivity index (χ1) is 13.5. The van der Waals surface area contributed by atoms with Crippen molar-refractivity contribution < 1.29 is 13.6 Å². The number of H-pyrrole nitrogens is 1. The zero-order chi connectivity index (χ0) is 20.1. The lowest BCUT2D eigenvalue weighted by atomic mass is 9.91. The second-order valence-corrected chi connectivity index (χ2v) is 6.41. The number of aromatic amines is 1. The predicted octanol–water partition coefficient (Wildman–Crippen LogP) is 2.42.